The molecule has 82 valence electrons. The van der Waals surface area contributed by atoms with Gasteiger partial charge in [0.1, 0.15) is 9.52 Å². The average molecular weight is 222 g/mol. The second-order valence-electron chi connectivity index (χ2n) is 3.13. The molecule has 0 aromatic carbocycles. The van der Waals surface area contributed by atoms with Crippen LogP contribution in [-0.2, 0) is 9.53 Å². The van der Waals surface area contributed by atoms with Crippen LogP contribution >= 0.6 is 0 Å². The molecule has 0 fully saturated rings. The van der Waals surface area contributed by atoms with Gasteiger partial charge in [-0.2, -0.15) is 0 Å². The molecule has 0 rings (SSSR count). The molecule has 0 aliphatic carbocycles. The van der Waals surface area contributed by atoms with Crippen molar-refractivity contribution in [2.24, 2.45) is 0 Å². The van der Waals surface area contributed by atoms with Crippen LogP contribution in [0.4, 0.5) is 8.78 Å². The van der Waals surface area contributed by atoms with E-state index in [2.05, 4.69) is 6.58 Å². The highest BCUT2D eigenvalue weighted by atomic mass is 28.2. The number of hydrogen-bond donors (Lipinski definition) is 0. The minimum absolute atomic E-state index is 0.202. The molecule has 5 heteroatoms. The fraction of sp³-hybridized carbons (Fsp3) is 0.667. The minimum Gasteiger partial charge on any atom is -0.460 e. The van der Waals surface area contributed by atoms with Gasteiger partial charge in [0.15, 0.2) is 0 Å². The summed E-state index contributed by atoms with van der Waals surface area (Å²) < 4.78 is 28.5. The first kappa shape index (κ1) is 13.3. The summed E-state index contributed by atoms with van der Waals surface area (Å²) in [7, 11) is -1.22. The van der Waals surface area contributed by atoms with Gasteiger partial charge in [-0.25, -0.2) is 13.6 Å². The zero-order valence-corrected chi connectivity index (χ0v) is 9.75. The molecule has 0 aliphatic rings. The Balaban J connectivity index is 3.39. The Labute approximate surface area is 85.1 Å². The van der Waals surface area contributed by atoms with E-state index >= 15 is 0 Å². The Morgan fingerprint density at radius 1 is 1.64 bits per heavy atom. The quantitative estimate of drug-likeness (QED) is 0.283. The predicted molar refractivity (Wildman–Crippen MR) is 54.3 cm³/mol. The van der Waals surface area contributed by atoms with Crippen LogP contribution in [-0.4, -0.2) is 27.6 Å². The summed E-state index contributed by atoms with van der Waals surface area (Å²) in [5.41, 5.74) is 0. The van der Waals surface area contributed by atoms with Crippen molar-refractivity contribution in [3.63, 3.8) is 0 Å². The van der Waals surface area contributed by atoms with Gasteiger partial charge in [0, 0.05) is 6.08 Å². The van der Waals surface area contributed by atoms with E-state index < -0.39 is 21.5 Å². The predicted octanol–water partition coefficient (Wildman–Crippen LogP) is 1.69. The Morgan fingerprint density at radius 2 is 2.29 bits per heavy atom. The third kappa shape index (κ3) is 7.91. The Bertz CT molecular complexity index is 186. The largest absolute Gasteiger partial charge is 0.460 e. The number of alkyl halides is 2. The van der Waals surface area contributed by atoms with Crippen molar-refractivity contribution < 1.29 is 18.3 Å². The van der Waals surface area contributed by atoms with E-state index in [0.29, 0.717) is 18.9 Å². The highest BCUT2D eigenvalue weighted by Gasteiger charge is 2.07. The van der Waals surface area contributed by atoms with Gasteiger partial charge in [-0.15, -0.1) is 0 Å². The van der Waals surface area contributed by atoms with Crippen molar-refractivity contribution in [1.29, 1.82) is 0 Å². The normalized spacial score (nSPS) is 13.4. The zero-order chi connectivity index (χ0) is 11.0. The van der Waals surface area contributed by atoms with Crippen LogP contribution in [0.5, 0.6) is 0 Å². The average Bonchev–Trinajstić information content (AvgIpc) is 2.12. The van der Waals surface area contributed by atoms with E-state index in [-0.39, 0.29) is 6.10 Å². The Kier molecular flexibility index (Phi) is 7.28. The molecule has 0 radical (unpaired) electrons. The molecule has 2 nitrogen and oxygen atoms in total. The number of ether oxygens (including phenoxy) is 1. The molecule has 0 aromatic rings. The SMILES string of the molecule is C=CC(=O)OC(C)CCC[SiH2]C(F)F. The van der Waals surface area contributed by atoms with Gasteiger partial charge >= 0.3 is 5.97 Å². The fourth-order valence-electron chi connectivity index (χ4n) is 1.04. The molecule has 0 bridgehead atoms. The summed E-state index contributed by atoms with van der Waals surface area (Å²) >= 11 is 0. The lowest BCUT2D eigenvalue weighted by Gasteiger charge is -2.10. The van der Waals surface area contributed by atoms with E-state index in [1.54, 1.807) is 6.92 Å². The molecule has 1 atom stereocenters. The molecule has 14 heavy (non-hydrogen) atoms. The van der Waals surface area contributed by atoms with Gasteiger partial charge in [0.25, 0.3) is 0 Å². The summed E-state index contributed by atoms with van der Waals surface area (Å²) in [5, 5.41) is 0. The van der Waals surface area contributed by atoms with Crippen LogP contribution in [0, 0.1) is 0 Å². The lowest BCUT2D eigenvalue weighted by Crippen LogP contribution is -2.13. The van der Waals surface area contributed by atoms with E-state index in [9.17, 15) is 13.6 Å². The highest BCUT2D eigenvalue weighted by Crippen LogP contribution is 2.06. The topological polar surface area (TPSA) is 26.3 Å². The third-order valence-corrected chi connectivity index (χ3v) is 3.11. The van der Waals surface area contributed by atoms with Gasteiger partial charge in [0.05, 0.1) is 6.10 Å². The molecule has 0 amide bonds. The number of carbonyl (C=O) groups excluding carboxylic acids is 1. The number of halogens is 2. The molecule has 0 aliphatic heterocycles. The van der Waals surface area contributed by atoms with E-state index in [1.807, 2.05) is 0 Å². The standard InChI is InChI=1S/C9H16F2O2Si/c1-3-8(12)13-7(2)5-4-6-14-9(10)11/h3,7,9H,1,4-6,14H2,2H3. The monoisotopic (exact) mass is 222 g/mol. The van der Waals surface area contributed by atoms with Crippen molar-refractivity contribution >= 4 is 15.5 Å². The summed E-state index contributed by atoms with van der Waals surface area (Å²) in [5.74, 6) is -0.455. The van der Waals surface area contributed by atoms with Crippen LogP contribution < -0.4 is 0 Å². The molecule has 0 heterocycles. The molecule has 0 saturated carbocycles. The van der Waals surface area contributed by atoms with Gasteiger partial charge in [0.2, 0.25) is 6.05 Å². The van der Waals surface area contributed by atoms with Crippen LogP contribution in [0.25, 0.3) is 0 Å². The minimum atomic E-state index is -2.10. The van der Waals surface area contributed by atoms with Crippen molar-refractivity contribution in [2.45, 2.75) is 38.0 Å². The number of carbonyl (C=O) groups is 1. The lowest BCUT2D eigenvalue weighted by molar-refractivity contribution is -0.142. The first-order chi connectivity index (χ1) is 6.56. The van der Waals surface area contributed by atoms with E-state index in [4.69, 9.17) is 4.74 Å². The summed E-state index contributed by atoms with van der Waals surface area (Å²) in [4.78, 5) is 10.7. The molecular weight excluding hydrogens is 206 g/mol. The summed E-state index contributed by atoms with van der Waals surface area (Å²) in [6, 6.07) is -1.49. The number of rotatable bonds is 7. The molecule has 1 unspecified atom stereocenters. The molecule has 0 spiro atoms. The van der Waals surface area contributed by atoms with Gasteiger partial charge in [-0.1, -0.05) is 19.0 Å². The first-order valence-corrected chi connectivity index (χ1v) is 6.49. The van der Waals surface area contributed by atoms with Crippen molar-refractivity contribution in [2.75, 3.05) is 0 Å². The lowest BCUT2D eigenvalue weighted by atomic mass is 10.2. The fourth-order valence-corrected chi connectivity index (χ4v) is 1.92. The van der Waals surface area contributed by atoms with E-state index in [1.165, 1.54) is 0 Å². The van der Waals surface area contributed by atoms with Crippen molar-refractivity contribution in [3.05, 3.63) is 12.7 Å². The van der Waals surface area contributed by atoms with Crippen LogP contribution in [0.2, 0.25) is 6.04 Å². The summed E-state index contributed by atoms with van der Waals surface area (Å²) in [6.07, 6.45) is 2.26. The molecule has 0 aromatic heterocycles. The van der Waals surface area contributed by atoms with Gasteiger partial charge in [-0.3, -0.25) is 0 Å². The van der Waals surface area contributed by atoms with Gasteiger partial charge < -0.3 is 4.74 Å². The van der Waals surface area contributed by atoms with E-state index in [0.717, 1.165) is 6.08 Å². The second kappa shape index (κ2) is 7.67. The number of esters is 1. The first-order valence-electron chi connectivity index (χ1n) is 4.67. The Hall–Kier alpha value is -0.713. The van der Waals surface area contributed by atoms with Crippen LogP contribution in [0.3, 0.4) is 0 Å². The van der Waals surface area contributed by atoms with Crippen molar-refractivity contribution in [3.8, 4) is 0 Å². The smallest absolute Gasteiger partial charge is 0.330 e. The maximum atomic E-state index is 11.8. The third-order valence-electron chi connectivity index (χ3n) is 1.77. The van der Waals surface area contributed by atoms with Crippen LogP contribution in [0.15, 0.2) is 12.7 Å². The Morgan fingerprint density at radius 3 is 2.79 bits per heavy atom. The zero-order valence-electron chi connectivity index (χ0n) is 8.34. The maximum absolute atomic E-state index is 11.8. The highest BCUT2D eigenvalue weighted by molar-refractivity contribution is 6.36. The van der Waals surface area contributed by atoms with Gasteiger partial charge in [-0.05, 0) is 13.3 Å². The molecule has 0 saturated heterocycles. The molecule has 0 N–H and O–H groups in total. The van der Waals surface area contributed by atoms with Crippen molar-refractivity contribution in [1.82, 2.24) is 0 Å². The van der Waals surface area contributed by atoms with Crippen LogP contribution in [0.1, 0.15) is 19.8 Å². The second-order valence-corrected chi connectivity index (χ2v) is 5.03. The number of hydrogen-bond acceptors (Lipinski definition) is 2. The summed E-state index contributed by atoms with van der Waals surface area (Å²) in [6.45, 7) is 5.02. The molecular formula is C9H16F2O2Si. The maximum Gasteiger partial charge on any atom is 0.330 e.